The highest BCUT2D eigenvalue weighted by Crippen LogP contribution is 2.39. The van der Waals surface area contributed by atoms with Crippen LogP contribution in [0.15, 0.2) is 52.3 Å². The number of hydrogen-bond donors (Lipinski definition) is 2. The molecule has 0 fully saturated rings. The summed E-state index contributed by atoms with van der Waals surface area (Å²) in [6.07, 6.45) is 1.90. The Bertz CT molecular complexity index is 1020. The zero-order valence-electron chi connectivity index (χ0n) is 20.3. The molecule has 0 spiro atoms. The van der Waals surface area contributed by atoms with Crippen LogP contribution in [0.5, 0.6) is 0 Å². The molecule has 0 bridgehead atoms. The minimum Gasteiger partial charge on any atom is -0.351 e. The summed E-state index contributed by atoms with van der Waals surface area (Å²) in [5.74, 6) is 0.911. The van der Waals surface area contributed by atoms with Gasteiger partial charge in [0.05, 0.1) is 10.6 Å². The molecule has 0 aromatic heterocycles. The van der Waals surface area contributed by atoms with Crippen molar-refractivity contribution in [2.45, 2.75) is 39.5 Å². The van der Waals surface area contributed by atoms with Crippen LogP contribution in [0.2, 0.25) is 0 Å². The van der Waals surface area contributed by atoms with Crippen LogP contribution in [0.4, 0.5) is 5.69 Å². The standard InChI is InChI=1S/C27H35N3O2S/c1-18(2)16-30(17-19(3)4)12-11-28-26(31)22-9-10-24-23(15-22)29-27(32)25(33-24)14-21-8-6-7-20(5)13-21/h6-10,13-15,18-19H,11-12,16-17H2,1-5H3,(H,28,31)(H,29,32)/b25-14+. The fourth-order valence-corrected chi connectivity index (χ4v) is 4.86. The average molecular weight is 466 g/mol. The second-order valence-corrected chi connectivity index (χ2v) is 10.6. The van der Waals surface area contributed by atoms with Crippen molar-refractivity contribution in [2.75, 3.05) is 31.5 Å². The van der Waals surface area contributed by atoms with Crippen molar-refractivity contribution in [1.82, 2.24) is 10.2 Å². The number of thioether (sulfide) groups is 1. The third-order valence-electron chi connectivity index (χ3n) is 5.23. The van der Waals surface area contributed by atoms with E-state index >= 15 is 0 Å². The first-order chi connectivity index (χ1) is 15.7. The molecule has 0 saturated carbocycles. The Kier molecular flexibility index (Phi) is 8.75. The predicted molar refractivity (Wildman–Crippen MR) is 139 cm³/mol. The number of rotatable bonds is 9. The number of nitrogens with zero attached hydrogens (tertiary/aromatic N) is 1. The van der Waals surface area contributed by atoms with Crippen molar-refractivity contribution in [2.24, 2.45) is 11.8 Å². The van der Waals surface area contributed by atoms with E-state index in [-0.39, 0.29) is 11.8 Å². The third-order valence-corrected chi connectivity index (χ3v) is 6.33. The van der Waals surface area contributed by atoms with E-state index < -0.39 is 0 Å². The van der Waals surface area contributed by atoms with Crippen LogP contribution in [0, 0.1) is 18.8 Å². The van der Waals surface area contributed by atoms with Gasteiger partial charge >= 0.3 is 0 Å². The molecule has 33 heavy (non-hydrogen) atoms. The number of fused-ring (bicyclic) bond motifs is 1. The van der Waals surface area contributed by atoms with Crippen LogP contribution >= 0.6 is 11.8 Å². The topological polar surface area (TPSA) is 61.4 Å². The maximum atomic E-state index is 12.7. The summed E-state index contributed by atoms with van der Waals surface area (Å²) in [5, 5.41) is 5.97. The number of amides is 2. The van der Waals surface area contributed by atoms with Crippen molar-refractivity contribution in [3.63, 3.8) is 0 Å². The van der Waals surface area contributed by atoms with Gasteiger partial charge in [0.2, 0.25) is 0 Å². The Balaban J connectivity index is 1.62. The van der Waals surface area contributed by atoms with Gasteiger partial charge in [-0.15, -0.1) is 0 Å². The molecule has 2 aromatic rings. The quantitative estimate of drug-likeness (QED) is 0.485. The fraction of sp³-hybridized carbons (Fsp3) is 0.407. The third kappa shape index (κ3) is 7.47. The predicted octanol–water partition coefficient (Wildman–Crippen LogP) is 5.42. The van der Waals surface area contributed by atoms with E-state index in [2.05, 4.69) is 43.2 Å². The molecule has 176 valence electrons. The van der Waals surface area contributed by atoms with Crippen LogP contribution in [-0.4, -0.2) is 42.9 Å². The van der Waals surface area contributed by atoms with E-state index in [1.807, 2.05) is 49.4 Å². The molecule has 1 aliphatic rings. The molecule has 5 nitrogen and oxygen atoms in total. The molecular weight excluding hydrogens is 430 g/mol. The van der Waals surface area contributed by atoms with Gasteiger partial charge in [0.15, 0.2) is 0 Å². The molecular formula is C27H35N3O2S. The summed E-state index contributed by atoms with van der Waals surface area (Å²) >= 11 is 1.43. The highest BCUT2D eigenvalue weighted by atomic mass is 32.2. The molecule has 1 heterocycles. The van der Waals surface area contributed by atoms with Gasteiger partial charge in [-0.2, -0.15) is 0 Å². The zero-order valence-corrected chi connectivity index (χ0v) is 21.1. The number of nitrogens with one attached hydrogen (secondary N) is 2. The van der Waals surface area contributed by atoms with Crippen molar-refractivity contribution < 1.29 is 9.59 Å². The largest absolute Gasteiger partial charge is 0.351 e. The molecule has 6 heteroatoms. The molecule has 2 aromatic carbocycles. The van der Waals surface area contributed by atoms with Gasteiger partial charge in [-0.1, -0.05) is 69.3 Å². The van der Waals surface area contributed by atoms with E-state index in [9.17, 15) is 9.59 Å². The SMILES string of the molecule is Cc1cccc(/C=C2/Sc3ccc(C(=O)NCCN(CC(C)C)CC(C)C)cc3NC2=O)c1. The van der Waals surface area contributed by atoms with Gasteiger partial charge < -0.3 is 15.5 Å². The van der Waals surface area contributed by atoms with Gasteiger partial charge in [0, 0.05) is 36.6 Å². The number of hydrogen-bond acceptors (Lipinski definition) is 4. The number of anilines is 1. The van der Waals surface area contributed by atoms with E-state index in [1.165, 1.54) is 11.8 Å². The van der Waals surface area contributed by atoms with Crippen LogP contribution in [-0.2, 0) is 4.79 Å². The number of carbonyl (C=O) groups is 2. The summed E-state index contributed by atoms with van der Waals surface area (Å²) in [7, 11) is 0. The number of aryl methyl sites for hydroxylation is 1. The Morgan fingerprint density at radius 1 is 1.09 bits per heavy atom. The Hall–Kier alpha value is -2.57. The fourth-order valence-electron chi connectivity index (χ4n) is 3.93. The second-order valence-electron chi connectivity index (χ2n) is 9.49. The minimum absolute atomic E-state index is 0.118. The van der Waals surface area contributed by atoms with Gasteiger partial charge in [-0.25, -0.2) is 0 Å². The van der Waals surface area contributed by atoms with Gasteiger partial charge in [0.25, 0.3) is 11.8 Å². The minimum atomic E-state index is -0.149. The van der Waals surface area contributed by atoms with Crippen molar-refractivity contribution >= 4 is 35.3 Å². The van der Waals surface area contributed by atoms with Crippen LogP contribution in [0.25, 0.3) is 6.08 Å². The first-order valence-corrected chi connectivity index (χ1v) is 12.4. The lowest BCUT2D eigenvalue weighted by Crippen LogP contribution is -2.38. The molecule has 0 atom stereocenters. The molecule has 0 unspecified atom stereocenters. The van der Waals surface area contributed by atoms with E-state index in [0.717, 1.165) is 35.7 Å². The Labute approximate surface area is 202 Å². The van der Waals surface area contributed by atoms with Gasteiger partial charge in [-0.3, -0.25) is 9.59 Å². The molecule has 1 aliphatic heterocycles. The van der Waals surface area contributed by atoms with Gasteiger partial charge in [-0.05, 0) is 48.6 Å². The monoisotopic (exact) mass is 465 g/mol. The maximum Gasteiger partial charge on any atom is 0.262 e. The molecule has 2 N–H and O–H groups in total. The molecule has 0 saturated heterocycles. The smallest absolute Gasteiger partial charge is 0.262 e. The first-order valence-electron chi connectivity index (χ1n) is 11.6. The molecule has 0 radical (unpaired) electrons. The van der Waals surface area contributed by atoms with Crippen LogP contribution in [0.1, 0.15) is 49.2 Å². The van der Waals surface area contributed by atoms with Crippen molar-refractivity contribution in [1.29, 1.82) is 0 Å². The normalized spacial score (nSPS) is 14.7. The summed E-state index contributed by atoms with van der Waals surface area (Å²) < 4.78 is 0. The van der Waals surface area contributed by atoms with Gasteiger partial charge in [0.1, 0.15) is 0 Å². The Morgan fingerprint density at radius 3 is 2.48 bits per heavy atom. The molecule has 2 amide bonds. The van der Waals surface area contributed by atoms with E-state index in [1.54, 1.807) is 6.07 Å². The summed E-state index contributed by atoms with van der Waals surface area (Å²) in [5.41, 5.74) is 3.38. The average Bonchev–Trinajstić information content (AvgIpc) is 2.73. The summed E-state index contributed by atoms with van der Waals surface area (Å²) in [6, 6.07) is 13.5. The van der Waals surface area contributed by atoms with E-state index in [0.29, 0.717) is 34.5 Å². The van der Waals surface area contributed by atoms with Crippen molar-refractivity contribution in [3.8, 4) is 0 Å². The molecule has 3 rings (SSSR count). The maximum absolute atomic E-state index is 12.7. The van der Waals surface area contributed by atoms with Crippen LogP contribution in [0.3, 0.4) is 0 Å². The number of benzene rings is 2. The van der Waals surface area contributed by atoms with Crippen molar-refractivity contribution in [3.05, 3.63) is 64.1 Å². The summed E-state index contributed by atoms with van der Waals surface area (Å²) in [6.45, 7) is 14.4. The first kappa shape index (κ1) is 25.1. The lowest BCUT2D eigenvalue weighted by molar-refractivity contribution is -0.112. The zero-order chi connectivity index (χ0) is 24.0. The lowest BCUT2D eigenvalue weighted by Gasteiger charge is -2.26. The highest BCUT2D eigenvalue weighted by molar-refractivity contribution is 8.04. The van der Waals surface area contributed by atoms with Crippen LogP contribution < -0.4 is 10.6 Å². The second kappa shape index (κ2) is 11.5. The highest BCUT2D eigenvalue weighted by Gasteiger charge is 2.22. The Morgan fingerprint density at radius 2 is 1.82 bits per heavy atom. The number of carbonyl (C=O) groups excluding carboxylic acids is 2. The molecule has 0 aliphatic carbocycles. The van der Waals surface area contributed by atoms with E-state index in [4.69, 9.17) is 0 Å². The lowest BCUT2D eigenvalue weighted by atomic mass is 10.1. The summed E-state index contributed by atoms with van der Waals surface area (Å²) in [4.78, 5) is 29.3.